The van der Waals surface area contributed by atoms with Crippen LogP contribution < -0.4 is 5.73 Å². The first-order valence-electron chi connectivity index (χ1n) is 5.82. The highest BCUT2D eigenvalue weighted by molar-refractivity contribution is 4.92. The van der Waals surface area contributed by atoms with Crippen molar-refractivity contribution in [2.24, 2.45) is 11.7 Å². The van der Waals surface area contributed by atoms with Crippen molar-refractivity contribution in [2.75, 3.05) is 13.2 Å². The van der Waals surface area contributed by atoms with E-state index in [9.17, 15) is 10.2 Å². The molecule has 5 atom stereocenters. The molecule has 0 bridgehead atoms. The molecule has 5 unspecified atom stereocenters. The van der Waals surface area contributed by atoms with Crippen LogP contribution in [0, 0.1) is 5.92 Å². The molecule has 96 valence electrons. The van der Waals surface area contributed by atoms with Crippen LogP contribution in [-0.4, -0.2) is 53.9 Å². The molecule has 1 saturated heterocycles. The van der Waals surface area contributed by atoms with Crippen LogP contribution in [0.3, 0.4) is 0 Å². The summed E-state index contributed by atoms with van der Waals surface area (Å²) in [5.41, 5.74) is 5.35. The van der Waals surface area contributed by atoms with E-state index in [0.717, 1.165) is 0 Å². The van der Waals surface area contributed by atoms with Crippen molar-refractivity contribution in [3.8, 4) is 0 Å². The number of nitrogens with two attached hydrogens (primary N) is 1. The first-order valence-corrected chi connectivity index (χ1v) is 5.82. The normalized spacial score (nSPS) is 40.3. The summed E-state index contributed by atoms with van der Waals surface area (Å²) in [4.78, 5) is 0. The van der Waals surface area contributed by atoms with Crippen molar-refractivity contribution in [3.63, 3.8) is 0 Å². The van der Waals surface area contributed by atoms with E-state index in [2.05, 4.69) is 0 Å². The van der Waals surface area contributed by atoms with E-state index < -0.39 is 18.3 Å². The number of aliphatic hydroxyl groups excluding tert-OH is 2. The zero-order valence-electron chi connectivity index (χ0n) is 10.2. The van der Waals surface area contributed by atoms with Crippen LogP contribution in [0.2, 0.25) is 0 Å². The van der Waals surface area contributed by atoms with E-state index in [4.69, 9.17) is 15.2 Å². The van der Waals surface area contributed by atoms with Gasteiger partial charge in [-0.05, 0) is 12.8 Å². The number of ether oxygens (including phenoxy) is 2. The van der Waals surface area contributed by atoms with Crippen molar-refractivity contribution >= 4 is 0 Å². The minimum atomic E-state index is -0.809. The van der Waals surface area contributed by atoms with E-state index in [1.807, 2.05) is 13.8 Å². The third kappa shape index (κ3) is 2.93. The maximum atomic E-state index is 10.1. The maximum absolute atomic E-state index is 10.1. The van der Waals surface area contributed by atoms with Gasteiger partial charge in [-0.3, -0.25) is 0 Å². The van der Waals surface area contributed by atoms with Gasteiger partial charge < -0.3 is 25.4 Å². The van der Waals surface area contributed by atoms with Crippen LogP contribution in [-0.2, 0) is 9.47 Å². The second kappa shape index (κ2) is 5.93. The molecule has 0 amide bonds. The van der Waals surface area contributed by atoms with E-state index in [1.54, 1.807) is 6.92 Å². The standard InChI is InChI=1S/C11H23NO4/c1-6(2)10-9(14)11(15-5-4-12)8(13)7(3)16-10/h6-11,13-14H,4-5,12H2,1-3H3. The van der Waals surface area contributed by atoms with Gasteiger partial charge in [0.05, 0.1) is 18.8 Å². The fourth-order valence-electron chi connectivity index (χ4n) is 2.02. The lowest BCUT2D eigenvalue weighted by atomic mass is 9.90. The van der Waals surface area contributed by atoms with Gasteiger partial charge in [-0.1, -0.05) is 13.8 Å². The Labute approximate surface area is 96.5 Å². The molecule has 0 aromatic heterocycles. The summed E-state index contributed by atoms with van der Waals surface area (Å²) in [7, 11) is 0. The van der Waals surface area contributed by atoms with Crippen LogP contribution in [0.25, 0.3) is 0 Å². The molecular weight excluding hydrogens is 210 g/mol. The quantitative estimate of drug-likeness (QED) is 0.609. The molecular formula is C11H23NO4. The van der Waals surface area contributed by atoms with Crippen LogP contribution in [0.1, 0.15) is 20.8 Å². The zero-order chi connectivity index (χ0) is 12.3. The van der Waals surface area contributed by atoms with Crippen molar-refractivity contribution < 1.29 is 19.7 Å². The zero-order valence-corrected chi connectivity index (χ0v) is 10.2. The molecule has 0 aliphatic carbocycles. The summed E-state index contributed by atoms with van der Waals surface area (Å²) in [5.74, 6) is 0.175. The molecule has 16 heavy (non-hydrogen) atoms. The van der Waals surface area contributed by atoms with Gasteiger partial charge in [-0.15, -0.1) is 0 Å². The molecule has 1 rings (SSSR count). The van der Waals surface area contributed by atoms with Gasteiger partial charge in [0.1, 0.15) is 18.3 Å². The van der Waals surface area contributed by atoms with Crippen LogP contribution in [0.4, 0.5) is 0 Å². The summed E-state index contributed by atoms with van der Waals surface area (Å²) in [6, 6.07) is 0. The van der Waals surface area contributed by atoms with Gasteiger partial charge in [0, 0.05) is 6.54 Å². The monoisotopic (exact) mass is 233 g/mol. The average Bonchev–Trinajstić information content (AvgIpc) is 2.23. The lowest BCUT2D eigenvalue weighted by molar-refractivity contribution is -0.238. The van der Waals surface area contributed by atoms with Gasteiger partial charge in [-0.2, -0.15) is 0 Å². The molecule has 0 spiro atoms. The first-order chi connectivity index (χ1) is 7.49. The second-order valence-corrected chi connectivity index (χ2v) is 4.66. The highest BCUT2D eigenvalue weighted by Gasteiger charge is 2.44. The van der Waals surface area contributed by atoms with E-state index in [-0.39, 0.29) is 18.1 Å². The molecule has 1 heterocycles. The maximum Gasteiger partial charge on any atom is 0.114 e. The van der Waals surface area contributed by atoms with Crippen LogP contribution in [0.5, 0.6) is 0 Å². The van der Waals surface area contributed by atoms with Gasteiger partial charge in [0.25, 0.3) is 0 Å². The molecule has 1 aliphatic heterocycles. The Bertz CT molecular complexity index is 212. The minimum absolute atomic E-state index is 0.175. The van der Waals surface area contributed by atoms with Gasteiger partial charge >= 0.3 is 0 Å². The molecule has 1 fully saturated rings. The highest BCUT2D eigenvalue weighted by Crippen LogP contribution is 2.27. The van der Waals surface area contributed by atoms with Gasteiger partial charge in [0.2, 0.25) is 0 Å². The average molecular weight is 233 g/mol. The fraction of sp³-hybridized carbons (Fsp3) is 1.00. The number of hydrogen-bond donors (Lipinski definition) is 3. The highest BCUT2D eigenvalue weighted by atomic mass is 16.6. The summed E-state index contributed by atoms with van der Waals surface area (Å²) in [6.45, 7) is 6.43. The number of rotatable bonds is 4. The number of aliphatic hydroxyl groups is 2. The molecule has 0 aromatic carbocycles. The van der Waals surface area contributed by atoms with Gasteiger partial charge in [-0.25, -0.2) is 0 Å². The topological polar surface area (TPSA) is 84.9 Å². The third-order valence-corrected chi connectivity index (χ3v) is 2.95. The van der Waals surface area contributed by atoms with E-state index >= 15 is 0 Å². The Balaban J connectivity index is 2.69. The third-order valence-electron chi connectivity index (χ3n) is 2.95. The lowest BCUT2D eigenvalue weighted by Gasteiger charge is -2.43. The summed E-state index contributed by atoms with van der Waals surface area (Å²) in [6.07, 6.45) is -2.87. The molecule has 5 nitrogen and oxygen atoms in total. The Morgan fingerprint density at radius 2 is 1.94 bits per heavy atom. The Hall–Kier alpha value is -0.200. The summed E-state index contributed by atoms with van der Waals surface area (Å²) in [5, 5.41) is 19.9. The van der Waals surface area contributed by atoms with Crippen molar-refractivity contribution in [1.82, 2.24) is 0 Å². The molecule has 0 radical (unpaired) electrons. The fourth-order valence-corrected chi connectivity index (χ4v) is 2.02. The molecule has 5 heteroatoms. The Morgan fingerprint density at radius 3 is 2.44 bits per heavy atom. The smallest absolute Gasteiger partial charge is 0.114 e. The number of hydrogen-bond acceptors (Lipinski definition) is 5. The van der Waals surface area contributed by atoms with E-state index in [1.165, 1.54) is 0 Å². The molecule has 4 N–H and O–H groups in total. The predicted molar refractivity (Wildman–Crippen MR) is 60.0 cm³/mol. The summed E-state index contributed by atoms with van der Waals surface area (Å²) >= 11 is 0. The Morgan fingerprint density at radius 1 is 1.31 bits per heavy atom. The van der Waals surface area contributed by atoms with Crippen molar-refractivity contribution in [3.05, 3.63) is 0 Å². The van der Waals surface area contributed by atoms with Gasteiger partial charge in [0.15, 0.2) is 0 Å². The molecule has 1 aliphatic rings. The molecule has 0 aromatic rings. The van der Waals surface area contributed by atoms with Crippen LogP contribution in [0.15, 0.2) is 0 Å². The van der Waals surface area contributed by atoms with Crippen molar-refractivity contribution in [1.29, 1.82) is 0 Å². The minimum Gasteiger partial charge on any atom is -0.388 e. The SMILES string of the molecule is CC(C)C1OC(C)C(O)C(OCCN)C1O. The largest absolute Gasteiger partial charge is 0.388 e. The summed E-state index contributed by atoms with van der Waals surface area (Å²) < 4.78 is 11.0. The predicted octanol–water partition coefficient (Wildman–Crippen LogP) is -0.505. The lowest BCUT2D eigenvalue weighted by Crippen LogP contribution is -2.59. The second-order valence-electron chi connectivity index (χ2n) is 4.66. The van der Waals surface area contributed by atoms with Crippen molar-refractivity contribution in [2.45, 2.75) is 51.3 Å². The first kappa shape index (κ1) is 13.9. The van der Waals surface area contributed by atoms with E-state index in [0.29, 0.717) is 13.2 Å². The molecule has 0 saturated carbocycles. The van der Waals surface area contributed by atoms with Crippen LogP contribution >= 0.6 is 0 Å². The Kier molecular flexibility index (Phi) is 5.14.